The van der Waals surface area contributed by atoms with Gasteiger partial charge in [0.15, 0.2) is 0 Å². The van der Waals surface area contributed by atoms with Crippen molar-refractivity contribution in [2.24, 2.45) is 0 Å². The SMILES string of the molecule is O=C(Nc1ccc2[nH]ncc2c1)c1cccc(-n2cnnn2)c1. The average molecular weight is 305 g/mol. The molecule has 112 valence electrons. The van der Waals surface area contributed by atoms with Crippen molar-refractivity contribution in [2.45, 2.75) is 0 Å². The standard InChI is InChI=1S/C15H11N7O/c23-15(18-12-4-5-14-11(6-12)8-16-19-14)10-2-1-3-13(7-10)22-9-17-20-21-22/h1-9H,(H,16,19)(H,18,23). The summed E-state index contributed by atoms with van der Waals surface area (Å²) in [6, 6.07) is 12.6. The van der Waals surface area contributed by atoms with E-state index < -0.39 is 0 Å². The van der Waals surface area contributed by atoms with Crippen LogP contribution in [0.2, 0.25) is 0 Å². The minimum absolute atomic E-state index is 0.206. The van der Waals surface area contributed by atoms with Gasteiger partial charge in [0.05, 0.1) is 17.4 Å². The molecule has 8 nitrogen and oxygen atoms in total. The van der Waals surface area contributed by atoms with Gasteiger partial charge in [-0.25, -0.2) is 4.68 Å². The second kappa shape index (κ2) is 5.34. The normalized spacial score (nSPS) is 10.8. The first-order valence-electron chi connectivity index (χ1n) is 6.87. The molecule has 0 saturated heterocycles. The van der Waals surface area contributed by atoms with Gasteiger partial charge < -0.3 is 5.32 Å². The van der Waals surface area contributed by atoms with Crippen LogP contribution in [0.15, 0.2) is 55.0 Å². The highest BCUT2D eigenvalue weighted by Gasteiger charge is 2.09. The summed E-state index contributed by atoms with van der Waals surface area (Å²) >= 11 is 0. The van der Waals surface area contributed by atoms with Gasteiger partial charge in [0.2, 0.25) is 0 Å². The Morgan fingerprint density at radius 3 is 3.00 bits per heavy atom. The fraction of sp³-hybridized carbons (Fsp3) is 0. The maximum atomic E-state index is 12.4. The van der Waals surface area contributed by atoms with Crippen LogP contribution in [0.1, 0.15) is 10.4 Å². The van der Waals surface area contributed by atoms with Crippen LogP contribution in [0, 0.1) is 0 Å². The van der Waals surface area contributed by atoms with Crippen LogP contribution in [0.5, 0.6) is 0 Å². The Bertz CT molecular complexity index is 974. The molecular weight excluding hydrogens is 294 g/mol. The molecule has 23 heavy (non-hydrogen) atoms. The van der Waals surface area contributed by atoms with Crippen molar-refractivity contribution in [3.05, 3.63) is 60.6 Å². The fourth-order valence-electron chi connectivity index (χ4n) is 2.29. The van der Waals surface area contributed by atoms with Crippen LogP contribution in [-0.2, 0) is 0 Å². The van der Waals surface area contributed by atoms with Gasteiger partial charge in [-0.1, -0.05) is 6.07 Å². The summed E-state index contributed by atoms with van der Waals surface area (Å²) in [6.07, 6.45) is 3.19. The van der Waals surface area contributed by atoms with Gasteiger partial charge in [0.25, 0.3) is 5.91 Å². The van der Waals surface area contributed by atoms with Gasteiger partial charge in [0.1, 0.15) is 6.33 Å². The van der Waals surface area contributed by atoms with E-state index >= 15 is 0 Å². The van der Waals surface area contributed by atoms with Gasteiger partial charge in [-0.2, -0.15) is 5.10 Å². The molecule has 0 saturated carbocycles. The number of tetrazole rings is 1. The van der Waals surface area contributed by atoms with Crippen molar-refractivity contribution in [1.82, 2.24) is 30.4 Å². The lowest BCUT2D eigenvalue weighted by Gasteiger charge is -2.07. The van der Waals surface area contributed by atoms with Gasteiger partial charge in [0, 0.05) is 16.6 Å². The second-order valence-electron chi connectivity index (χ2n) is 4.93. The van der Waals surface area contributed by atoms with Gasteiger partial charge >= 0.3 is 0 Å². The van der Waals surface area contributed by atoms with Crippen molar-refractivity contribution in [3.8, 4) is 5.69 Å². The minimum atomic E-state index is -0.206. The molecule has 2 aromatic heterocycles. The molecule has 0 bridgehead atoms. The summed E-state index contributed by atoms with van der Waals surface area (Å²) in [6.45, 7) is 0. The van der Waals surface area contributed by atoms with Gasteiger partial charge in [-0.15, -0.1) is 5.10 Å². The lowest BCUT2D eigenvalue weighted by molar-refractivity contribution is 0.102. The summed E-state index contributed by atoms with van der Waals surface area (Å²) in [7, 11) is 0. The van der Waals surface area contributed by atoms with Crippen LogP contribution >= 0.6 is 0 Å². The molecule has 1 amide bonds. The first-order valence-corrected chi connectivity index (χ1v) is 6.87. The Morgan fingerprint density at radius 1 is 1.17 bits per heavy atom. The average Bonchev–Trinajstić information content (AvgIpc) is 3.26. The van der Waals surface area contributed by atoms with Crippen LogP contribution < -0.4 is 5.32 Å². The number of hydrogen-bond acceptors (Lipinski definition) is 5. The predicted octanol–water partition coefficient (Wildman–Crippen LogP) is 1.79. The Labute approximate surface area is 130 Å². The number of anilines is 1. The van der Waals surface area contributed by atoms with Crippen molar-refractivity contribution < 1.29 is 4.79 Å². The third kappa shape index (κ3) is 2.53. The highest BCUT2D eigenvalue weighted by molar-refractivity contribution is 6.05. The number of carbonyl (C=O) groups excluding carboxylic acids is 1. The number of benzene rings is 2. The molecule has 8 heteroatoms. The molecule has 2 heterocycles. The predicted molar refractivity (Wildman–Crippen MR) is 83.2 cm³/mol. The van der Waals surface area contributed by atoms with E-state index in [9.17, 15) is 4.79 Å². The molecule has 0 atom stereocenters. The van der Waals surface area contributed by atoms with E-state index in [-0.39, 0.29) is 5.91 Å². The number of carbonyl (C=O) groups is 1. The molecular formula is C15H11N7O. The van der Waals surface area contributed by atoms with E-state index in [1.165, 1.54) is 11.0 Å². The van der Waals surface area contributed by atoms with E-state index in [0.717, 1.165) is 10.9 Å². The highest BCUT2D eigenvalue weighted by Crippen LogP contribution is 2.18. The molecule has 2 N–H and O–H groups in total. The number of rotatable bonds is 3. The number of nitrogens with one attached hydrogen (secondary N) is 2. The number of H-pyrrole nitrogens is 1. The third-order valence-corrected chi connectivity index (χ3v) is 3.42. The fourth-order valence-corrected chi connectivity index (χ4v) is 2.29. The zero-order valence-corrected chi connectivity index (χ0v) is 11.8. The second-order valence-corrected chi connectivity index (χ2v) is 4.93. The highest BCUT2D eigenvalue weighted by atomic mass is 16.1. The molecule has 0 spiro atoms. The van der Waals surface area contributed by atoms with E-state index in [2.05, 4.69) is 31.0 Å². The minimum Gasteiger partial charge on any atom is -0.322 e. The van der Waals surface area contributed by atoms with E-state index in [1.807, 2.05) is 24.3 Å². The Morgan fingerprint density at radius 2 is 2.13 bits per heavy atom. The molecule has 0 aliphatic rings. The first-order chi connectivity index (χ1) is 11.3. The van der Waals surface area contributed by atoms with Gasteiger partial charge in [-0.3, -0.25) is 9.89 Å². The topological polar surface area (TPSA) is 101 Å². The monoisotopic (exact) mass is 305 g/mol. The zero-order chi connectivity index (χ0) is 15.6. The van der Waals surface area contributed by atoms with Crippen LogP contribution in [0.4, 0.5) is 5.69 Å². The lowest BCUT2D eigenvalue weighted by atomic mass is 10.1. The Kier molecular flexibility index (Phi) is 3.05. The molecule has 0 aliphatic heterocycles. The largest absolute Gasteiger partial charge is 0.322 e. The summed E-state index contributed by atoms with van der Waals surface area (Å²) in [5.74, 6) is -0.206. The Balaban J connectivity index is 1.60. The molecule has 2 aromatic carbocycles. The summed E-state index contributed by atoms with van der Waals surface area (Å²) < 4.78 is 1.49. The molecule has 0 radical (unpaired) electrons. The van der Waals surface area contributed by atoms with E-state index in [0.29, 0.717) is 16.9 Å². The third-order valence-electron chi connectivity index (χ3n) is 3.42. The number of fused-ring (bicyclic) bond motifs is 1. The molecule has 0 fully saturated rings. The number of nitrogens with zero attached hydrogens (tertiary/aromatic N) is 5. The van der Waals surface area contributed by atoms with Crippen LogP contribution in [0.3, 0.4) is 0 Å². The quantitative estimate of drug-likeness (QED) is 0.601. The number of hydrogen-bond donors (Lipinski definition) is 2. The smallest absolute Gasteiger partial charge is 0.255 e. The molecule has 0 aliphatic carbocycles. The van der Waals surface area contributed by atoms with Crippen molar-refractivity contribution in [1.29, 1.82) is 0 Å². The number of aromatic amines is 1. The summed E-state index contributed by atoms with van der Waals surface area (Å²) in [4.78, 5) is 12.4. The summed E-state index contributed by atoms with van der Waals surface area (Å²) in [5.41, 5.74) is 2.86. The van der Waals surface area contributed by atoms with E-state index in [4.69, 9.17) is 0 Å². The maximum Gasteiger partial charge on any atom is 0.255 e. The molecule has 4 aromatic rings. The summed E-state index contributed by atoms with van der Waals surface area (Å²) in [5, 5.41) is 21.6. The van der Waals surface area contributed by atoms with Crippen LogP contribution in [0.25, 0.3) is 16.6 Å². The van der Waals surface area contributed by atoms with Crippen molar-refractivity contribution >= 4 is 22.5 Å². The van der Waals surface area contributed by atoms with Crippen molar-refractivity contribution in [2.75, 3.05) is 5.32 Å². The molecule has 0 unspecified atom stereocenters. The molecule has 4 rings (SSSR count). The number of aromatic nitrogens is 6. The van der Waals surface area contributed by atoms with Crippen LogP contribution in [-0.4, -0.2) is 36.3 Å². The van der Waals surface area contributed by atoms with Gasteiger partial charge in [-0.05, 0) is 46.8 Å². The zero-order valence-electron chi connectivity index (χ0n) is 11.8. The number of amides is 1. The van der Waals surface area contributed by atoms with Crippen molar-refractivity contribution in [3.63, 3.8) is 0 Å². The first kappa shape index (κ1) is 13.1. The Hall–Kier alpha value is -3.55. The van der Waals surface area contributed by atoms with E-state index in [1.54, 1.807) is 24.4 Å². The maximum absolute atomic E-state index is 12.4. The lowest BCUT2D eigenvalue weighted by Crippen LogP contribution is -2.12.